The Morgan fingerprint density at radius 2 is 2.36 bits per heavy atom. The van der Waals surface area contributed by atoms with Gasteiger partial charge in [0.25, 0.3) is 5.92 Å². The Bertz CT molecular complexity index is 208. The van der Waals surface area contributed by atoms with Crippen molar-refractivity contribution in [1.82, 2.24) is 5.32 Å². The molecule has 1 atom stereocenters. The van der Waals surface area contributed by atoms with Gasteiger partial charge in [0.05, 0.1) is 18.3 Å². The molecule has 0 aromatic carbocycles. The summed E-state index contributed by atoms with van der Waals surface area (Å²) in [5.74, 6) is -2.34. The lowest BCUT2D eigenvalue weighted by atomic mass is 10.2. The summed E-state index contributed by atoms with van der Waals surface area (Å²) in [4.78, 5) is 11.3. The number of halogens is 2. The van der Waals surface area contributed by atoms with Crippen LogP contribution < -0.4 is 11.1 Å². The Balaban J connectivity index is 2.27. The number of alkyl halides is 2. The highest BCUT2D eigenvalue weighted by Crippen LogP contribution is 2.26. The van der Waals surface area contributed by atoms with E-state index in [4.69, 9.17) is 5.73 Å². The molecule has 14 heavy (non-hydrogen) atoms. The number of hydrogen-bond acceptors (Lipinski definition) is 3. The molecule has 0 spiro atoms. The Hall–Kier alpha value is -0.360. The summed E-state index contributed by atoms with van der Waals surface area (Å²) < 4.78 is 25.3. The molecule has 1 heterocycles. The molecule has 0 aromatic heterocycles. The van der Waals surface area contributed by atoms with Gasteiger partial charge in [0.2, 0.25) is 5.91 Å². The van der Waals surface area contributed by atoms with Gasteiger partial charge in [0, 0.05) is 0 Å². The van der Waals surface area contributed by atoms with Crippen LogP contribution in [-0.4, -0.2) is 35.9 Å². The zero-order chi connectivity index (χ0) is 10.6. The highest BCUT2D eigenvalue weighted by molar-refractivity contribution is 8.00. The van der Waals surface area contributed by atoms with Crippen LogP contribution in [0.25, 0.3) is 0 Å². The quantitative estimate of drug-likeness (QED) is 0.735. The molecule has 82 valence electrons. The number of nitrogens with two attached hydrogens (primary N) is 1. The molecule has 1 aliphatic heterocycles. The summed E-state index contributed by atoms with van der Waals surface area (Å²) in [6.45, 7) is -1.38. The second-order valence-corrected chi connectivity index (χ2v) is 4.59. The number of carbonyl (C=O) groups excluding carboxylic acids is 1. The van der Waals surface area contributed by atoms with Gasteiger partial charge in [-0.3, -0.25) is 4.79 Å². The molecule has 3 N–H and O–H groups in total. The number of carbonyl (C=O) groups is 1. The van der Waals surface area contributed by atoms with E-state index in [0.29, 0.717) is 0 Å². The van der Waals surface area contributed by atoms with E-state index >= 15 is 0 Å². The van der Waals surface area contributed by atoms with Crippen molar-refractivity contribution in [3.05, 3.63) is 0 Å². The van der Waals surface area contributed by atoms with E-state index in [1.807, 2.05) is 0 Å². The van der Waals surface area contributed by atoms with Crippen molar-refractivity contribution in [1.29, 1.82) is 0 Å². The summed E-state index contributed by atoms with van der Waals surface area (Å²) >= 11 is 1.52. The van der Waals surface area contributed by atoms with Crippen LogP contribution in [0.15, 0.2) is 0 Å². The van der Waals surface area contributed by atoms with Gasteiger partial charge in [-0.25, -0.2) is 8.78 Å². The van der Waals surface area contributed by atoms with Crippen LogP contribution in [0.2, 0.25) is 0 Å². The van der Waals surface area contributed by atoms with Crippen molar-refractivity contribution in [3.8, 4) is 0 Å². The maximum atomic E-state index is 12.7. The summed E-state index contributed by atoms with van der Waals surface area (Å²) in [6.07, 6.45) is 1.76. The van der Waals surface area contributed by atoms with Gasteiger partial charge in [-0.05, 0) is 18.6 Å². The Morgan fingerprint density at radius 1 is 1.64 bits per heavy atom. The van der Waals surface area contributed by atoms with Crippen LogP contribution in [0.3, 0.4) is 0 Å². The summed E-state index contributed by atoms with van der Waals surface area (Å²) in [7, 11) is 0. The maximum absolute atomic E-state index is 12.7. The normalized spacial score (nSPS) is 22.4. The van der Waals surface area contributed by atoms with Crippen LogP contribution in [-0.2, 0) is 4.79 Å². The molecule has 0 radical (unpaired) electrons. The standard InChI is InChI=1S/C8H14F2N2OS/c9-8(10,4-11)5-12-7(13)6-2-1-3-14-6/h6H,1-5,11H2,(H,12,13). The van der Waals surface area contributed by atoms with E-state index in [0.717, 1.165) is 18.6 Å². The van der Waals surface area contributed by atoms with Crippen molar-refractivity contribution in [3.63, 3.8) is 0 Å². The monoisotopic (exact) mass is 224 g/mol. The molecule has 0 bridgehead atoms. The molecule has 1 aliphatic rings. The van der Waals surface area contributed by atoms with Gasteiger partial charge >= 0.3 is 0 Å². The van der Waals surface area contributed by atoms with Crippen molar-refractivity contribution in [2.24, 2.45) is 5.73 Å². The summed E-state index contributed by atoms with van der Waals surface area (Å²) in [5, 5.41) is 2.08. The van der Waals surface area contributed by atoms with Crippen molar-refractivity contribution < 1.29 is 13.6 Å². The fraction of sp³-hybridized carbons (Fsp3) is 0.875. The van der Waals surface area contributed by atoms with E-state index in [-0.39, 0.29) is 11.2 Å². The van der Waals surface area contributed by atoms with Gasteiger partial charge in [0.15, 0.2) is 0 Å². The second-order valence-electron chi connectivity index (χ2n) is 3.28. The number of amides is 1. The van der Waals surface area contributed by atoms with Gasteiger partial charge < -0.3 is 11.1 Å². The fourth-order valence-electron chi connectivity index (χ4n) is 1.19. The van der Waals surface area contributed by atoms with E-state index in [1.165, 1.54) is 11.8 Å². The van der Waals surface area contributed by atoms with E-state index in [2.05, 4.69) is 5.32 Å². The molecule has 1 amide bonds. The maximum Gasteiger partial charge on any atom is 0.277 e. The topological polar surface area (TPSA) is 55.1 Å². The Labute approximate surface area is 85.8 Å². The molecule has 0 aliphatic carbocycles. The lowest BCUT2D eigenvalue weighted by Gasteiger charge is -2.16. The molecule has 6 heteroatoms. The minimum absolute atomic E-state index is 0.149. The van der Waals surface area contributed by atoms with Crippen LogP contribution in [0, 0.1) is 0 Å². The SMILES string of the molecule is NCC(F)(F)CNC(=O)C1CCCS1. The molecule has 1 fully saturated rings. The predicted octanol–water partition coefficient (Wildman–Crippen LogP) is 0.592. The number of rotatable bonds is 4. The lowest BCUT2D eigenvalue weighted by Crippen LogP contribution is -2.43. The molecule has 1 unspecified atom stereocenters. The summed E-state index contributed by atoms with van der Waals surface area (Å²) in [5.41, 5.74) is 4.84. The van der Waals surface area contributed by atoms with E-state index < -0.39 is 19.0 Å². The van der Waals surface area contributed by atoms with Crippen LogP contribution in [0.4, 0.5) is 8.78 Å². The Morgan fingerprint density at radius 3 is 2.86 bits per heavy atom. The minimum atomic E-state index is -2.99. The van der Waals surface area contributed by atoms with Crippen LogP contribution >= 0.6 is 11.8 Å². The minimum Gasteiger partial charge on any atom is -0.349 e. The number of thioether (sulfide) groups is 1. The van der Waals surface area contributed by atoms with Gasteiger partial charge in [-0.1, -0.05) is 0 Å². The smallest absolute Gasteiger partial charge is 0.277 e. The number of nitrogens with one attached hydrogen (secondary N) is 1. The largest absolute Gasteiger partial charge is 0.349 e. The highest BCUT2D eigenvalue weighted by atomic mass is 32.2. The van der Waals surface area contributed by atoms with E-state index in [9.17, 15) is 13.6 Å². The summed E-state index contributed by atoms with van der Waals surface area (Å²) in [6, 6.07) is 0. The third-order valence-corrected chi connectivity index (χ3v) is 3.42. The van der Waals surface area contributed by atoms with Crippen LogP contribution in [0.5, 0.6) is 0 Å². The molecule has 1 rings (SSSR count). The zero-order valence-electron chi connectivity index (χ0n) is 7.76. The average Bonchev–Trinajstić information content (AvgIpc) is 2.67. The average molecular weight is 224 g/mol. The first-order valence-corrected chi connectivity index (χ1v) is 5.57. The molecule has 0 aromatic rings. The fourth-order valence-corrected chi connectivity index (χ4v) is 2.37. The number of hydrogen-bond donors (Lipinski definition) is 2. The van der Waals surface area contributed by atoms with Gasteiger partial charge in [0.1, 0.15) is 0 Å². The molecule has 3 nitrogen and oxygen atoms in total. The second kappa shape index (κ2) is 4.93. The van der Waals surface area contributed by atoms with E-state index in [1.54, 1.807) is 0 Å². The van der Waals surface area contributed by atoms with Crippen molar-refractivity contribution >= 4 is 17.7 Å². The first kappa shape index (κ1) is 11.7. The van der Waals surface area contributed by atoms with Gasteiger partial charge in [-0.2, -0.15) is 0 Å². The highest BCUT2D eigenvalue weighted by Gasteiger charge is 2.30. The third kappa shape index (κ3) is 3.42. The zero-order valence-corrected chi connectivity index (χ0v) is 8.58. The van der Waals surface area contributed by atoms with Gasteiger partial charge in [-0.15, -0.1) is 11.8 Å². The van der Waals surface area contributed by atoms with Crippen LogP contribution in [0.1, 0.15) is 12.8 Å². The predicted molar refractivity (Wildman–Crippen MR) is 52.5 cm³/mol. The van der Waals surface area contributed by atoms with Crippen molar-refractivity contribution in [2.45, 2.75) is 24.0 Å². The first-order chi connectivity index (χ1) is 6.55. The lowest BCUT2D eigenvalue weighted by molar-refractivity contribution is -0.122. The molecular formula is C8H14F2N2OS. The molecule has 0 saturated carbocycles. The molecular weight excluding hydrogens is 210 g/mol. The third-order valence-electron chi connectivity index (χ3n) is 2.04. The Kier molecular flexibility index (Phi) is 4.12. The first-order valence-electron chi connectivity index (χ1n) is 4.52. The van der Waals surface area contributed by atoms with Crippen molar-refractivity contribution in [2.75, 3.05) is 18.8 Å². The molecule has 1 saturated heterocycles.